The van der Waals surface area contributed by atoms with E-state index in [1.807, 2.05) is 0 Å². The van der Waals surface area contributed by atoms with Crippen LogP contribution >= 0.6 is 0 Å². The molecule has 0 aromatic rings. The van der Waals surface area contributed by atoms with Crippen molar-refractivity contribution in [2.45, 2.75) is 37.5 Å². The molecule has 0 aromatic heterocycles. The Labute approximate surface area is 97.1 Å². The van der Waals surface area contributed by atoms with Gasteiger partial charge >= 0.3 is 6.18 Å². The van der Waals surface area contributed by atoms with Crippen molar-refractivity contribution in [2.24, 2.45) is 0 Å². The smallest absolute Gasteiger partial charge is 0.388 e. The predicted molar refractivity (Wildman–Crippen MR) is 53.3 cm³/mol. The van der Waals surface area contributed by atoms with Crippen LogP contribution in [0.1, 0.15) is 25.7 Å². The first-order valence-electron chi connectivity index (χ1n) is 5.44. The molecule has 0 saturated heterocycles. The van der Waals surface area contributed by atoms with Crippen molar-refractivity contribution < 1.29 is 27.8 Å². The molecule has 0 bridgehead atoms. The van der Waals surface area contributed by atoms with E-state index in [0.29, 0.717) is 12.8 Å². The highest BCUT2D eigenvalue weighted by atomic mass is 19.4. The highest BCUT2D eigenvalue weighted by Gasteiger charge is 2.34. The lowest BCUT2D eigenvalue weighted by atomic mass is 9.80. The Morgan fingerprint density at radius 2 is 2.06 bits per heavy atom. The van der Waals surface area contributed by atoms with Crippen molar-refractivity contribution in [1.29, 1.82) is 0 Å². The second kappa shape index (κ2) is 5.68. The van der Waals surface area contributed by atoms with Crippen LogP contribution in [-0.4, -0.2) is 42.5 Å². The molecule has 100 valence electrons. The Balaban J connectivity index is 2.01. The third-order valence-corrected chi connectivity index (χ3v) is 2.64. The minimum Gasteiger partial charge on any atom is -0.388 e. The molecule has 4 nitrogen and oxygen atoms in total. The lowest BCUT2D eigenvalue weighted by Crippen LogP contribution is -2.47. The molecule has 17 heavy (non-hydrogen) atoms. The van der Waals surface area contributed by atoms with Crippen LogP contribution in [0.3, 0.4) is 0 Å². The SMILES string of the molecule is O=C(CCOCC(F)(F)F)NCC1(O)CCC1. The molecule has 0 heterocycles. The van der Waals surface area contributed by atoms with Gasteiger partial charge in [0.05, 0.1) is 12.2 Å². The van der Waals surface area contributed by atoms with E-state index in [-0.39, 0.29) is 19.6 Å². The first-order valence-corrected chi connectivity index (χ1v) is 5.44. The van der Waals surface area contributed by atoms with Crippen molar-refractivity contribution in [3.05, 3.63) is 0 Å². The van der Waals surface area contributed by atoms with E-state index in [2.05, 4.69) is 10.1 Å². The molecule has 1 saturated carbocycles. The Morgan fingerprint density at radius 1 is 1.41 bits per heavy atom. The van der Waals surface area contributed by atoms with Crippen LogP contribution in [0.5, 0.6) is 0 Å². The molecule has 1 rings (SSSR count). The molecule has 1 aliphatic rings. The van der Waals surface area contributed by atoms with Gasteiger partial charge in [-0.1, -0.05) is 0 Å². The Kier molecular flexibility index (Phi) is 4.76. The van der Waals surface area contributed by atoms with E-state index in [9.17, 15) is 23.1 Å². The zero-order valence-electron chi connectivity index (χ0n) is 9.35. The Morgan fingerprint density at radius 3 is 2.53 bits per heavy atom. The summed E-state index contributed by atoms with van der Waals surface area (Å²) in [6, 6.07) is 0. The highest BCUT2D eigenvalue weighted by Crippen LogP contribution is 2.30. The average Bonchev–Trinajstić information content (AvgIpc) is 2.17. The quantitative estimate of drug-likeness (QED) is 0.696. The number of alkyl halides is 3. The van der Waals surface area contributed by atoms with E-state index in [0.717, 1.165) is 6.42 Å². The van der Waals surface area contributed by atoms with Gasteiger partial charge in [-0.3, -0.25) is 4.79 Å². The van der Waals surface area contributed by atoms with Crippen molar-refractivity contribution in [3.8, 4) is 0 Å². The van der Waals surface area contributed by atoms with Gasteiger partial charge in [-0.15, -0.1) is 0 Å². The molecule has 0 aromatic carbocycles. The van der Waals surface area contributed by atoms with Gasteiger partial charge in [0.25, 0.3) is 0 Å². The second-order valence-electron chi connectivity index (χ2n) is 4.27. The average molecular weight is 255 g/mol. The molecule has 1 aliphatic carbocycles. The van der Waals surface area contributed by atoms with E-state index in [1.54, 1.807) is 0 Å². The van der Waals surface area contributed by atoms with Crippen LogP contribution in [0.4, 0.5) is 13.2 Å². The van der Waals surface area contributed by atoms with Crippen molar-refractivity contribution in [1.82, 2.24) is 5.32 Å². The Hall–Kier alpha value is -0.820. The molecule has 1 fully saturated rings. The topological polar surface area (TPSA) is 58.6 Å². The zero-order valence-corrected chi connectivity index (χ0v) is 9.35. The summed E-state index contributed by atoms with van der Waals surface area (Å²) in [7, 11) is 0. The van der Waals surface area contributed by atoms with E-state index < -0.39 is 24.3 Å². The first kappa shape index (κ1) is 14.2. The lowest BCUT2D eigenvalue weighted by Gasteiger charge is -2.36. The summed E-state index contributed by atoms with van der Waals surface area (Å²) in [5.41, 5.74) is -0.817. The number of carbonyl (C=O) groups is 1. The first-order chi connectivity index (χ1) is 7.81. The number of nitrogens with one attached hydrogen (secondary N) is 1. The molecule has 7 heteroatoms. The summed E-state index contributed by atoms with van der Waals surface area (Å²) >= 11 is 0. The molecule has 0 spiro atoms. The summed E-state index contributed by atoms with van der Waals surface area (Å²) in [6.07, 6.45) is -2.26. The van der Waals surface area contributed by atoms with Gasteiger partial charge in [0.1, 0.15) is 6.61 Å². The highest BCUT2D eigenvalue weighted by molar-refractivity contribution is 5.76. The number of amides is 1. The van der Waals surface area contributed by atoms with Crippen LogP contribution in [0.2, 0.25) is 0 Å². The fourth-order valence-corrected chi connectivity index (χ4v) is 1.47. The molecular formula is C10H16F3NO3. The summed E-state index contributed by atoms with van der Waals surface area (Å²) in [6.45, 7) is -1.46. The van der Waals surface area contributed by atoms with Gasteiger partial charge in [-0.2, -0.15) is 13.2 Å². The maximum atomic E-state index is 11.7. The largest absolute Gasteiger partial charge is 0.411 e. The number of carbonyl (C=O) groups excluding carboxylic acids is 1. The van der Waals surface area contributed by atoms with Crippen LogP contribution < -0.4 is 5.32 Å². The second-order valence-corrected chi connectivity index (χ2v) is 4.27. The fourth-order valence-electron chi connectivity index (χ4n) is 1.47. The minimum atomic E-state index is -4.36. The van der Waals surface area contributed by atoms with Gasteiger partial charge in [-0.25, -0.2) is 0 Å². The van der Waals surface area contributed by atoms with Crippen LogP contribution in [0.25, 0.3) is 0 Å². The summed E-state index contributed by atoms with van der Waals surface area (Å²) in [5, 5.41) is 12.1. The van der Waals surface area contributed by atoms with E-state index >= 15 is 0 Å². The van der Waals surface area contributed by atoms with Gasteiger partial charge in [0, 0.05) is 13.0 Å². The van der Waals surface area contributed by atoms with Gasteiger partial charge in [0.15, 0.2) is 0 Å². The maximum Gasteiger partial charge on any atom is 0.411 e. The Bertz CT molecular complexity index is 264. The minimum absolute atomic E-state index is 0.133. The zero-order chi connectivity index (χ0) is 12.9. The number of hydrogen-bond acceptors (Lipinski definition) is 3. The maximum absolute atomic E-state index is 11.7. The number of hydrogen-bond donors (Lipinski definition) is 2. The number of ether oxygens (including phenoxy) is 1. The molecule has 0 aliphatic heterocycles. The molecule has 0 atom stereocenters. The number of aliphatic hydroxyl groups is 1. The fraction of sp³-hybridized carbons (Fsp3) is 0.900. The predicted octanol–water partition coefficient (Wildman–Crippen LogP) is 0.987. The monoisotopic (exact) mass is 255 g/mol. The molecule has 2 N–H and O–H groups in total. The summed E-state index contributed by atoms with van der Waals surface area (Å²) in [4.78, 5) is 11.2. The summed E-state index contributed by atoms with van der Waals surface area (Å²) in [5.74, 6) is -0.410. The standard InChI is InChI=1S/C10H16F3NO3/c11-10(12,13)7-17-5-2-8(15)14-6-9(16)3-1-4-9/h16H,1-7H2,(H,14,15). The number of rotatable bonds is 6. The van der Waals surface area contributed by atoms with E-state index in [4.69, 9.17) is 0 Å². The van der Waals surface area contributed by atoms with Gasteiger partial charge in [-0.05, 0) is 19.3 Å². The molecule has 1 amide bonds. The van der Waals surface area contributed by atoms with Crippen LogP contribution in [0, 0.1) is 0 Å². The lowest BCUT2D eigenvalue weighted by molar-refractivity contribution is -0.174. The van der Waals surface area contributed by atoms with Crippen LogP contribution in [-0.2, 0) is 9.53 Å². The molecule has 0 unspecified atom stereocenters. The van der Waals surface area contributed by atoms with Crippen molar-refractivity contribution in [2.75, 3.05) is 19.8 Å². The third-order valence-electron chi connectivity index (χ3n) is 2.64. The van der Waals surface area contributed by atoms with Crippen molar-refractivity contribution in [3.63, 3.8) is 0 Å². The van der Waals surface area contributed by atoms with E-state index in [1.165, 1.54) is 0 Å². The van der Waals surface area contributed by atoms with Gasteiger partial charge < -0.3 is 15.2 Å². The van der Waals surface area contributed by atoms with Crippen molar-refractivity contribution >= 4 is 5.91 Å². The van der Waals surface area contributed by atoms with Gasteiger partial charge in [0.2, 0.25) is 5.91 Å². The third kappa shape index (κ3) is 5.88. The molecule has 0 radical (unpaired) electrons. The number of halogens is 3. The molecular weight excluding hydrogens is 239 g/mol. The van der Waals surface area contributed by atoms with Crippen LogP contribution in [0.15, 0.2) is 0 Å². The normalized spacial score (nSPS) is 18.6. The summed E-state index contributed by atoms with van der Waals surface area (Å²) < 4.78 is 39.3.